The van der Waals surface area contributed by atoms with E-state index >= 15 is 0 Å². The summed E-state index contributed by atoms with van der Waals surface area (Å²) >= 11 is 0. The van der Waals surface area contributed by atoms with Gasteiger partial charge in [0, 0.05) is 38.3 Å². The fourth-order valence-corrected chi connectivity index (χ4v) is 2.67. The Kier molecular flexibility index (Phi) is 6.45. The normalized spacial score (nSPS) is 25.4. The van der Waals surface area contributed by atoms with Gasteiger partial charge in [-0.25, -0.2) is 0 Å². The maximum atomic E-state index is 3.62. The van der Waals surface area contributed by atoms with Gasteiger partial charge in [-0.15, -0.1) is 0 Å². The van der Waals surface area contributed by atoms with Crippen LogP contribution in [0.25, 0.3) is 0 Å². The van der Waals surface area contributed by atoms with Gasteiger partial charge in [0.2, 0.25) is 0 Å². The summed E-state index contributed by atoms with van der Waals surface area (Å²) in [5.41, 5.74) is 0. The lowest BCUT2D eigenvalue weighted by Crippen LogP contribution is -2.55. The van der Waals surface area contributed by atoms with Crippen molar-refractivity contribution in [1.29, 1.82) is 0 Å². The number of likely N-dealkylation sites (N-methyl/N-ethyl adjacent to an activating group) is 2. The molecule has 1 N–H and O–H groups in total. The van der Waals surface area contributed by atoms with E-state index in [0.717, 1.165) is 18.5 Å². The lowest BCUT2D eigenvalue weighted by molar-refractivity contribution is 0.0814. The number of rotatable bonds is 6. The zero-order valence-corrected chi connectivity index (χ0v) is 12.4. The van der Waals surface area contributed by atoms with Crippen molar-refractivity contribution in [2.45, 2.75) is 46.2 Å². The van der Waals surface area contributed by atoms with Gasteiger partial charge in [0.1, 0.15) is 0 Å². The molecule has 3 heteroatoms. The number of nitrogens with zero attached hydrogens (tertiary/aromatic N) is 2. The summed E-state index contributed by atoms with van der Waals surface area (Å²) in [6, 6.07) is 1.39. The third kappa shape index (κ3) is 4.57. The van der Waals surface area contributed by atoms with E-state index in [1.807, 2.05) is 0 Å². The summed E-state index contributed by atoms with van der Waals surface area (Å²) < 4.78 is 0. The van der Waals surface area contributed by atoms with Crippen LogP contribution in [0.15, 0.2) is 0 Å². The zero-order valence-electron chi connectivity index (χ0n) is 12.4. The van der Waals surface area contributed by atoms with Crippen LogP contribution in [0.4, 0.5) is 0 Å². The average Bonchev–Trinajstić information content (AvgIpc) is 2.30. The molecule has 0 radical (unpaired) electrons. The summed E-state index contributed by atoms with van der Waals surface area (Å²) in [6.45, 7) is 15.1. The Morgan fingerprint density at radius 3 is 2.47 bits per heavy atom. The smallest absolute Gasteiger partial charge is 0.0218 e. The number of hydrogen-bond donors (Lipinski definition) is 1. The molecule has 1 aliphatic heterocycles. The van der Waals surface area contributed by atoms with Gasteiger partial charge >= 0.3 is 0 Å². The lowest BCUT2D eigenvalue weighted by Gasteiger charge is -2.41. The van der Waals surface area contributed by atoms with E-state index < -0.39 is 0 Å². The van der Waals surface area contributed by atoms with Gasteiger partial charge in [-0.05, 0) is 25.9 Å². The minimum absolute atomic E-state index is 0.640. The minimum Gasteiger partial charge on any atom is -0.313 e. The van der Waals surface area contributed by atoms with Crippen molar-refractivity contribution in [2.24, 2.45) is 5.92 Å². The highest BCUT2D eigenvalue weighted by Crippen LogP contribution is 2.12. The Morgan fingerprint density at radius 2 is 1.94 bits per heavy atom. The average molecular weight is 241 g/mol. The van der Waals surface area contributed by atoms with Crippen molar-refractivity contribution >= 4 is 0 Å². The molecular formula is C14H31N3. The van der Waals surface area contributed by atoms with Gasteiger partial charge in [-0.1, -0.05) is 27.7 Å². The van der Waals surface area contributed by atoms with Crippen molar-refractivity contribution in [3.05, 3.63) is 0 Å². The van der Waals surface area contributed by atoms with Gasteiger partial charge in [0.05, 0.1) is 0 Å². The number of nitrogens with one attached hydrogen (secondary N) is 1. The molecule has 0 aliphatic carbocycles. The maximum Gasteiger partial charge on any atom is 0.0218 e. The largest absolute Gasteiger partial charge is 0.313 e. The Labute approximate surface area is 108 Å². The fraction of sp³-hybridized carbons (Fsp3) is 1.00. The molecule has 17 heavy (non-hydrogen) atoms. The first-order chi connectivity index (χ1) is 8.08. The lowest BCUT2D eigenvalue weighted by atomic mass is 10.0. The molecule has 0 aromatic rings. The first-order valence-electron chi connectivity index (χ1n) is 7.24. The molecule has 2 atom stereocenters. The summed E-state index contributed by atoms with van der Waals surface area (Å²) in [5.74, 6) is 0.717. The van der Waals surface area contributed by atoms with Crippen molar-refractivity contribution in [3.63, 3.8) is 0 Å². The van der Waals surface area contributed by atoms with E-state index in [1.165, 1.54) is 32.6 Å². The predicted molar refractivity (Wildman–Crippen MR) is 75.5 cm³/mol. The Bertz CT molecular complexity index is 206. The second kappa shape index (κ2) is 7.34. The fourth-order valence-electron chi connectivity index (χ4n) is 2.67. The monoisotopic (exact) mass is 241 g/mol. The Morgan fingerprint density at radius 1 is 1.24 bits per heavy atom. The molecule has 1 heterocycles. The molecule has 1 fully saturated rings. The Hall–Kier alpha value is -0.120. The number of hydrogen-bond acceptors (Lipinski definition) is 3. The number of piperazine rings is 1. The standard InChI is InChI=1S/C14H31N3/c1-6-13-10-17(9-8-16(13)5)11-14(12(3)4)15-7-2/h12-15H,6-11H2,1-5H3. The second-order valence-corrected chi connectivity index (χ2v) is 5.71. The van der Waals surface area contributed by atoms with Crippen molar-refractivity contribution in [2.75, 3.05) is 39.8 Å². The van der Waals surface area contributed by atoms with Crippen LogP contribution in [-0.4, -0.2) is 61.7 Å². The van der Waals surface area contributed by atoms with E-state index in [1.54, 1.807) is 0 Å². The molecule has 102 valence electrons. The summed E-state index contributed by atoms with van der Waals surface area (Å²) in [7, 11) is 2.26. The van der Waals surface area contributed by atoms with Crippen LogP contribution in [0.1, 0.15) is 34.1 Å². The maximum absolute atomic E-state index is 3.62. The van der Waals surface area contributed by atoms with Gasteiger partial charge in [-0.3, -0.25) is 4.90 Å². The summed E-state index contributed by atoms with van der Waals surface area (Å²) in [4.78, 5) is 5.15. The molecule has 3 nitrogen and oxygen atoms in total. The molecule has 0 aromatic heterocycles. The first kappa shape index (κ1) is 14.9. The molecule has 1 saturated heterocycles. The molecule has 1 aliphatic rings. The topological polar surface area (TPSA) is 18.5 Å². The van der Waals surface area contributed by atoms with E-state index in [0.29, 0.717) is 6.04 Å². The molecule has 2 unspecified atom stereocenters. The molecule has 0 spiro atoms. The Balaban J connectivity index is 2.44. The van der Waals surface area contributed by atoms with Gasteiger partial charge < -0.3 is 10.2 Å². The highest BCUT2D eigenvalue weighted by molar-refractivity contribution is 4.83. The second-order valence-electron chi connectivity index (χ2n) is 5.71. The highest BCUT2D eigenvalue weighted by Gasteiger charge is 2.25. The van der Waals surface area contributed by atoms with Crippen LogP contribution in [-0.2, 0) is 0 Å². The van der Waals surface area contributed by atoms with Crippen LogP contribution >= 0.6 is 0 Å². The quantitative estimate of drug-likeness (QED) is 0.763. The van der Waals surface area contributed by atoms with Crippen LogP contribution in [0.3, 0.4) is 0 Å². The third-order valence-corrected chi connectivity index (χ3v) is 4.06. The van der Waals surface area contributed by atoms with Crippen molar-refractivity contribution in [1.82, 2.24) is 15.1 Å². The minimum atomic E-state index is 0.640. The third-order valence-electron chi connectivity index (χ3n) is 4.06. The molecule has 0 saturated carbocycles. The van der Waals surface area contributed by atoms with E-state index in [9.17, 15) is 0 Å². The predicted octanol–water partition coefficient (Wildman–Crippen LogP) is 1.65. The molecule has 1 rings (SSSR count). The molecule has 0 amide bonds. The SMILES string of the molecule is CCNC(CN1CCN(C)C(CC)C1)C(C)C. The van der Waals surface area contributed by atoms with E-state index in [2.05, 4.69) is 49.9 Å². The zero-order chi connectivity index (χ0) is 12.8. The van der Waals surface area contributed by atoms with E-state index in [-0.39, 0.29) is 0 Å². The van der Waals surface area contributed by atoms with Gasteiger partial charge in [0.25, 0.3) is 0 Å². The van der Waals surface area contributed by atoms with Crippen molar-refractivity contribution in [3.8, 4) is 0 Å². The highest BCUT2D eigenvalue weighted by atomic mass is 15.3. The molecule has 0 bridgehead atoms. The first-order valence-corrected chi connectivity index (χ1v) is 7.24. The van der Waals surface area contributed by atoms with Crippen LogP contribution in [0, 0.1) is 5.92 Å². The van der Waals surface area contributed by atoms with Crippen LogP contribution in [0.2, 0.25) is 0 Å². The van der Waals surface area contributed by atoms with Crippen LogP contribution in [0.5, 0.6) is 0 Å². The van der Waals surface area contributed by atoms with Gasteiger partial charge in [-0.2, -0.15) is 0 Å². The van der Waals surface area contributed by atoms with E-state index in [4.69, 9.17) is 0 Å². The van der Waals surface area contributed by atoms with Crippen LogP contribution < -0.4 is 5.32 Å². The van der Waals surface area contributed by atoms with Crippen molar-refractivity contribution < 1.29 is 0 Å². The molecular weight excluding hydrogens is 210 g/mol. The molecule has 0 aromatic carbocycles. The van der Waals surface area contributed by atoms with Gasteiger partial charge in [0.15, 0.2) is 0 Å². The summed E-state index contributed by atoms with van der Waals surface area (Å²) in [5, 5.41) is 3.62. The summed E-state index contributed by atoms with van der Waals surface area (Å²) in [6.07, 6.45) is 1.26.